The Morgan fingerprint density at radius 1 is 1.55 bits per heavy atom. The predicted octanol–water partition coefficient (Wildman–Crippen LogP) is 0.350. The third-order valence-electron chi connectivity index (χ3n) is 3.87. The second-order valence-electron chi connectivity index (χ2n) is 5.22. The zero-order valence-electron chi connectivity index (χ0n) is 11.5. The summed E-state index contributed by atoms with van der Waals surface area (Å²) in [5.41, 5.74) is 5.17. The summed E-state index contributed by atoms with van der Waals surface area (Å²) in [6.07, 6.45) is -0.0124. The number of nitrogens with two attached hydrogens (primary N) is 1. The van der Waals surface area contributed by atoms with Gasteiger partial charge in [-0.25, -0.2) is 4.98 Å². The lowest BCUT2D eigenvalue weighted by molar-refractivity contribution is -0.0209. The maximum absolute atomic E-state index is 10.5. The first kappa shape index (κ1) is 14.8. The van der Waals surface area contributed by atoms with Gasteiger partial charge in [0.15, 0.2) is 11.5 Å². The number of imidazole rings is 1. The minimum absolute atomic E-state index is 0.0578. The van der Waals surface area contributed by atoms with Gasteiger partial charge in [-0.05, 0) is 18.5 Å². The molecule has 10 heteroatoms. The first-order chi connectivity index (χ1) is 10.4. The van der Waals surface area contributed by atoms with Crippen molar-refractivity contribution >= 4 is 28.6 Å². The van der Waals surface area contributed by atoms with E-state index in [2.05, 4.69) is 15.0 Å². The number of rotatable bonds is 2. The predicted molar refractivity (Wildman–Crippen MR) is 76.8 cm³/mol. The van der Waals surface area contributed by atoms with Crippen molar-refractivity contribution in [2.45, 2.75) is 19.3 Å². The number of ether oxygens (including phenoxy) is 1. The van der Waals surface area contributed by atoms with E-state index in [0.29, 0.717) is 5.52 Å². The van der Waals surface area contributed by atoms with Crippen molar-refractivity contribution < 1.29 is 20.1 Å². The maximum atomic E-state index is 10.5. The molecule has 0 aromatic carbocycles. The Morgan fingerprint density at radius 3 is 2.86 bits per heavy atom. The molecule has 0 aliphatic carbocycles. The Balaban J connectivity index is 2.13. The Bertz CT molecular complexity index is 763. The van der Waals surface area contributed by atoms with Crippen molar-refractivity contribution in [1.82, 2.24) is 19.5 Å². The summed E-state index contributed by atoms with van der Waals surface area (Å²) in [5, 5.41) is 29.2. The molecule has 0 bridgehead atoms. The maximum Gasteiger partial charge on any atom is 0.226 e. The third kappa shape index (κ3) is 1.90. The Morgan fingerprint density at radius 2 is 2.27 bits per heavy atom. The van der Waals surface area contributed by atoms with Crippen LogP contribution in [0.3, 0.4) is 0 Å². The van der Waals surface area contributed by atoms with Gasteiger partial charge in [-0.15, -0.1) is 0 Å². The van der Waals surface area contributed by atoms with E-state index in [4.69, 9.17) is 22.1 Å². The first-order valence-electron chi connectivity index (χ1n) is 6.38. The minimum Gasteiger partial charge on any atom is -0.512 e. The quantitative estimate of drug-likeness (QED) is 0.457. The molecular formula is C12H14ClN5O4. The lowest BCUT2D eigenvalue weighted by Gasteiger charge is -2.24. The molecule has 1 fully saturated rings. The van der Waals surface area contributed by atoms with Crippen LogP contribution in [0.15, 0.2) is 18.3 Å². The number of aliphatic hydroxyl groups excluding tert-OH is 3. The first-order valence-corrected chi connectivity index (χ1v) is 6.76. The fraction of sp³-hybridized carbons (Fsp3) is 0.417. The molecule has 1 aliphatic heterocycles. The van der Waals surface area contributed by atoms with E-state index in [9.17, 15) is 15.3 Å². The van der Waals surface area contributed by atoms with Gasteiger partial charge in [0.05, 0.1) is 12.0 Å². The fourth-order valence-electron chi connectivity index (χ4n) is 2.44. The largest absolute Gasteiger partial charge is 0.512 e. The van der Waals surface area contributed by atoms with Crippen LogP contribution in [0.4, 0.5) is 5.82 Å². The smallest absolute Gasteiger partial charge is 0.226 e. The number of aromatic nitrogens is 4. The highest BCUT2D eigenvalue weighted by Crippen LogP contribution is 2.46. The fourth-order valence-corrected chi connectivity index (χ4v) is 2.62. The van der Waals surface area contributed by atoms with E-state index in [1.165, 1.54) is 10.9 Å². The molecule has 1 saturated heterocycles. The van der Waals surface area contributed by atoms with Gasteiger partial charge in [0.1, 0.15) is 30.0 Å². The van der Waals surface area contributed by atoms with Gasteiger partial charge in [-0.2, -0.15) is 9.97 Å². The van der Waals surface area contributed by atoms with Gasteiger partial charge in [0.25, 0.3) is 0 Å². The molecule has 0 amide bonds. The van der Waals surface area contributed by atoms with Crippen LogP contribution in [-0.4, -0.2) is 47.5 Å². The van der Waals surface area contributed by atoms with E-state index < -0.39 is 24.4 Å². The molecule has 118 valence electrons. The van der Waals surface area contributed by atoms with E-state index in [1.54, 1.807) is 6.92 Å². The molecule has 3 atom stereocenters. The normalized spacial score (nSPS) is 30.1. The summed E-state index contributed by atoms with van der Waals surface area (Å²) in [7, 11) is 0. The summed E-state index contributed by atoms with van der Waals surface area (Å²) < 4.78 is 6.97. The number of anilines is 1. The van der Waals surface area contributed by atoms with Crippen molar-refractivity contribution in [3.05, 3.63) is 23.6 Å². The average molecular weight is 328 g/mol. The van der Waals surface area contributed by atoms with Gasteiger partial charge in [-0.3, -0.25) is 4.57 Å². The minimum atomic E-state index is -1.15. The van der Waals surface area contributed by atoms with Crippen molar-refractivity contribution in [3.63, 3.8) is 0 Å². The molecule has 1 aliphatic rings. The van der Waals surface area contributed by atoms with Crippen molar-refractivity contribution in [1.29, 1.82) is 0 Å². The topological polar surface area (TPSA) is 140 Å². The van der Waals surface area contributed by atoms with Crippen LogP contribution in [0.1, 0.15) is 13.2 Å². The highest BCUT2D eigenvalue weighted by Gasteiger charge is 2.51. The van der Waals surface area contributed by atoms with E-state index in [-0.39, 0.29) is 22.5 Å². The molecule has 3 rings (SSSR count). The van der Waals surface area contributed by atoms with Gasteiger partial charge >= 0.3 is 0 Å². The van der Waals surface area contributed by atoms with Crippen LogP contribution in [0.25, 0.3) is 11.2 Å². The summed E-state index contributed by atoms with van der Waals surface area (Å²) in [4.78, 5) is 11.9. The van der Waals surface area contributed by atoms with Crippen molar-refractivity contribution in [2.24, 2.45) is 5.41 Å². The van der Waals surface area contributed by atoms with Crippen LogP contribution in [0.5, 0.6) is 0 Å². The summed E-state index contributed by atoms with van der Waals surface area (Å²) in [6.45, 7) is 1.15. The molecule has 0 spiro atoms. The van der Waals surface area contributed by atoms with Crippen LogP contribution in [0, 0.1) is 5.41 Å². The van der Waals surface area contributed by atoms with Crippen LogP contribution in [-0.2, 0) is 4.74 Å². The molecule has 2 aromatic rings. The average Bonchev–Trinajstić information content (AvgIpc) is 3.00. The van der Waals surface area contributed by atoms with Gasteiger partial charge in [-0.1, -0.05) is 0 Å². The second-order valence-corrected chi connectivity index (χ2v) is 5.56. The number of hydrogen-bond acceptors (Lipinski definition) is 8. The van der Waals surface area contributed by atoms with Crippen molar-refractivity contribution in [2.75, 3.05) is 12.3 Å². The van der Waals surface area contributed by atoms with Gasteiger partial charge in [0.2, 0.25) is 11.5 Å². The van der Waals surface area contributed by atoms with Crippen LogP contribution >= 0.6 is 11.6 Å². The van der Waals surface area contributed by atoms with Gasteiger partial charge < -0.3 is 25.8 Å². The van der Waals surface area contributed by atoms with Crippen LogP contribution in [0.2, 0.25) is 5.28 Å². The van der Waals surface area contributed by atoms with E-state index >= 15 is 0 Å². The molecule has 2 unspecified atom stereocenters. The molecule has 5 N–H and O–H groups in total. The standard InChI is InChI=1S/C12H14ClN5O4/c1-12(3-20)5(2-19)22-10(7(12)21)18-4-15-6-8(14)16-11(13)17-9(6)18/h2,4,7,10,19-21H,3H2,1H3,(H2,14,16,17)/b5-2+/t7?,10?,12-/m1/s1. The van der Waals surface area contributed by atoms with E-state index in [0.717, 1.165) is 6.26 Å². The van der Waals surface area contributed by atoms with Crippen LogP contribution < -0.4 is 5.73 Å². The Kier molecular flexibility index (Phi) is 3.35. The zero-order valence-corrected chi connectivity index (χ0v) is 12.3. The number of nitrogens with zero attached hydrogens (tertiary/aromatic N) is 4. The summed E-state index contributed by atoms with van der Waals surface area (Å²) >= 11 is 5.80. The molecule has 0 saturated carbocycles. The lowest BCUT2D eigenvalue weighted by Crippen LogP contribution is -2.35. The van der Waals surface area contributed by atoms with Crippen molar-refractivity contribution in [3.8, 4) is 0 Å². The Labute approximate surface area is 129 Å². The third-order valence-corrected chi connectivity index (χ3v) is 4.04. The van der Waals surface area contributed by atoms with E-state index in [1.807, 2.05) is 0 Å². The molecule has 0 radical (unpaired) electrons. The second kappa shape index (κ2) is 4.97. The lowest BCUT2D eigenvalue weighted by atomic mass is 9.85. The highest BCUT2D eigenvalue weighted by molar-refractivity contribution is 6.28. The molecule has 2 aromatic heterocycles. The highest BCUT2D eigenvalue weighted by atomic mass is 35.5. The monoisotopic (exact) mass is 327 g/mol. The van der Waals surface area contributed by atoms with Gasteiger partial charge in [0, 0.05) is 0 Å². The zero-order chi connectivity index (χ0) is 16.1. The molecular weight excluding hydrogens is 314 g/mol. The summed E-state index contributed by atoms with van der Waals surface area (Å²) in [6, 6.07) is 0. The number of aliphatic hydroxyl groups is 3. The number of halogens is 1. The number of nitrogen functional groups attached to an aromatic ring is 1. The molecule has 9 nitrogen and oxygen atoms in total. The number of fused-ring (bicyclic) bond motifs is 1. The Hall–Kier alpha value is -2.10. The molecule has 22 heavy (non-hydrogen) atoms. The number of hydrogen-bond donors (Lipinski definition) is 4. The molecule has 3 heterocycles. The SMILES string of the molecule is C[C@@]1(CO)/C(=C\O)OC(n2cnc3c(N)nc(Cl)nc32)C1O. The summed E-state index contributed by atoms with van der Waals surface area (Å²) in [5.74, 6) is 0.159.